The van der Waals surface area contributed by atoms with Crippen LogP contribution in [0.3, 0.4) is 0 Å². The van der Waals surface area contributed by atoms with E-state index in [-0.39, 0.29) is 11.8 Å². The number of fused-ring (bicyclic) bond motifs is 1. The van der Waals surface area contributed by atoms with Crippen molar-refractivity contribution in [3.63, 3.8) is 0 Å². The fraction of sp³-hybridized carbons (Fsp3) is 0.333. The molecule has 1 aliphatic heterocycles. The summed E-state index contributed by atoms with van der Waals surface area (Å²) in [4.78, 5) is 17.4. The number of hydrogen-bond donors (Lipinski definition) is 1. The van der Waals surface area contributed by atoms with Gasteiger partial charge in [0.1, 0.15) is 0 Å². The zero-order chi connectivity index (χ0) is 21.5. The number of hydrogen-bond acceptors (Lipinski definition) is 5. The number of anilines is 1. The Morgan fingerprint density at radius 2 is 1.90 bits per heavy atom. The van der Waals surface area contributed by atoms with Crippen LogP contribution in [-0.4, -0.2) is 36.7 Å². The minimum atomic E-state index is -3.56. The van der Waals surface area contributed by atoms with Gasteiger partial charge in [-0.1, -0.05) is 40.6 Å². The van der Waals surface area contributed by atoms with Crippen molar-refractivity contribution >= 4 is 54.2 Å². The lowest BCUT2D eigenvalue weighted by Gasteiger charge is -2.30. The Labute approximate surface area is 184 Å². The van der Waals surface area contributed by atoms with Crippen molar-refractivity contribution in [1.29, 1.82) is 0 Å². The Kier molecular flexibility index (Phi) is 5.85. The van der Waals surface area contributed by atoms with Gasteiger partial charge in [0, 0.05) is 24.0 Å². The molecule has 6 nitrogen and oxygen atoms in total. The van der Waals surface area contributed by atoms with E-state index in [1.165, 1.54) is 15.6 Å². The smallest absolute Gasteiger partial charge is 0.243 e. The minimum absolute atomic E-state index is 0.122. The van der Waals surface area contributed by atoms with Gasteiger partial charge < -0.3 is 5.32 Å². The van der Waals surface area contributed by atoms with Crippen LogP contribution in [0, 0.1) is 19.8 Å². The first-order valence-corrected chi connectivity index (χ1v) is 12.3. The summed E-state index contributed by atoms with van der Waals surface area (Å²) in [5.41, 5.74) is 2.55. The molecule has 2 heterocycles. The number of carbonyl (C=O) groups is 1. The highest BCUT2D eigenvalue weighted by molar-refractivity contribution is 7.89. The van der Waals surface area contributed by atoms with E-state index >= 15 is 0 Å². The van der Waals surface area contributed by atoms with Crippen LogP contribution in [0.4, 0.5) is 5.13 Å². The number of benzene rings is 2. The number of rotatable bonds is 4. The van der Waals surface area contributed by atoms with Crippen molar-refractivity contribution in [2.45, 2.75) is 31.6 Å². The maximum absolute atomic E-state index is 13.0. The first kappa shape index (κ1) is 21.2. The molecule has 0 radical (unpaired) electrons. The van der Waals surface area contributed by atoms with E-state index in [1.807, 2.05) is 38.1 Å². The van der Waals surface area contributed by atoms with Crippen LogP contribution >= 0.6 is 22.9 Å². The molecule has 0 spiro atoms. The molecule has 1 aromatic heterocycles. The summed E-state index contributed by atoms with van der Waals surface area (Å²) in [5.74, 6) is -0.366. The molecule has 9 heteroatoms. The van der Waals surface area contributed by atoms with Gasteiger partial charge in [-0.25, -0.2) is 13.4 Å². The lowest BCUT2D eigenvalue weighted by molar-refractivity contribution is -0.120. The van der Waals surface area contributed by atoms with Crippen molar-refractivity contribution in [3.8, 4) is 0 Å². The second kappa shape index (κ2) is 8.26. The standard InChI is InChI=1S/C21H22ClN3O3S2/c1-13-3-6-19(14(2)11-13)30(27,28)25-9-7-15(8-10-25)20(26)24-21-23-17-5-4-16(22)12-18(17)29-21/h3-6,11-12,15H,7-10H2,1-2H3,(H,23,24,26). The van der Waals surface area contributed by atoms with Crippen molar-refractivity contribution < 1.29 is 13.2 Å². The largest absolute Gasteiger partial charge is 0.302 e. The molecule has 30 heavy (non-hydrogen) atoms. The number of nitrogens with zero attached hydrogens (tertiary/aromatic N) is 2. The van der Waals surface area contributed by atoms with Gasteiger partial charge in [-0.15, -0.1) is 0 Å². The topological polar surface area (TPSA) is 79.4 Å². The molecule has 0 bridgehead atoms. The number of halogens is 1. The fourth-order valence-electron chi connectivity index (χ4n) is 3.75. The maximum Gasteiger partial charge on any atom is 0.243 e. The predicted molar refractivity (Wildman–Crippen MR) is 121 cm³/mol. The molecule has 2 aromatic carbocycles. The van der Waals surface area contributed by atoms with E-state index in [4.69, 9.17) is 11.6 Å². The number of carbonyl (C=O) groups excluding carboxylic acids is 1. The Morgan fingerprint density at radius 3 is 2.60 bits per heavy atom. The first-order valence-electron chi connectivity index (χ1n) is 9.68. The molecule has 1 fully saturated rings. The molecule has 158 valence electrons. The molecule has 0 unspecified atom stereocenters. The van der Waals surface area contributed by atoms with Gasteiger partial charge in [0.05, 0.1) is 15.1 Å². The van der Waals surface area contributed by atoms with Gasteiger partial charge in [0.2, 0.25) is 15.9 Å². The number of nitrogens with one attached hydrogen (secondary N) is 1. The highest BCUT2D eigenvalue weighted by atomic mass is 35.5. The fourth-order valence-corrected chi connectivity index (χ4v) is 6.57. The first-order chi connectivity index (χ1) is 14.2. The van der Waals surface area contributed by atoms with Crippen molar-refractivity contribution in [2.75, 3.05) is 18.4 Å². The Bertz CT molecular complexity index is 1220. The molecule has 3 aromatic rings. The van der Waals surface area contributed by atoms with Crippen LogP contribution in [0.25, 0.3) is 10.2 Å². The minimum Gasteiger partial charge on any atom is -0.302 e. The summed E-state index contributed by atoms with van der Waals surface area (Å²) in [6.07, 6.45) is 0.958. The number of piperidine rings is 1. The number of aromatic nitrogens is 1. The van der Waals surface area contributed by atoms with E-state index < -0.39 is 10.0 Å². The van der Waals surface area contributed by atoms with Crippen LogP contribution in [-0.2, 0) is 14.8 Å². The summed E-state index contributed by atoms with van der Waals surface area (Å²) in [5, 5.41) is 4.04. The average Bonchev–Trinajstić information content (AvgIpc) is 3.09. The molecular formula is C21H22ClN3O3S2. The number of aryl methyl sites for hydroxylation is 2. The highest BCUT2D eigenvalue weighted by Gasteiger charge is 2.33. The number of amides is 1. The van der Waals surface area contributed by atoms with Crippen LogP contribution in [0.5, 0.6) is 0 Å². The molecule has 4 rings (SSSR count). The maximum atomic E-state index is 13.0. The van der Waals surface area contributed by atoms with Gasteiger partial charge in [0.15, 0.2) is 5.13 Å². The van der Waals surface area contributed by atoms with Crippen LogP contribution < -0.4 is 5.32 Å². The lowest BCUT2D eigenvalue weighted by atomic mass is 9.97. The Balaban J connectivity index is 1.41. The highest BCUT2D eigenvalue weighted by Crippen LogP contribution is 2.30. The second-order valence-corrected chi connectivity index (χ2v) is 10.9. The normalized spacial score (nSPS) is 16.1. The van der Waals surface area contributed by atoms with Crippen molar-refractivity contribution in [2.24, 2.45) is 5.92 Å². The molecule has 1 saturated heterocycles. The zero-order valence-electron chi connectivity index (χ0n) is 16.7. The zero-order valence-corrected chi connectivity index (χ0v) is 19.1. The van der Waals surface area contributed by atoms with E-state index in [9.17, 15) is 13.2 Å². The third-order valence-electron chi connectivity index (χ3n) is 5.35. The summed E-state index contributed by atoms with van der Waals surface area (Å²) in [6.45, 7) is 4.39. The molecular weight excluding hydrogens is 442 g/mol. The second-order valence-electron chi connectivity index (χ2n) is 7.57. The predicted octanol–water partition coefficient (Wildman–Crippen LogP) is 4.61. The van der Waals surface area contributed by atoms with E-state index in [1.54, 1.807) is 12.1 Å². The third-order valence-corrected chi connectivity index (χ3v) is 8.58. The number of sulfonamides is 1. The molecule has 0 aliphatic carbocycles. The van der Waals surface area contributed by atoms with Crippen LogP contribution in [0.2, 0.25) is 5.02 Å². The SMILES string of the molecule is Cc1ccc(S(=O)(=O)N2CCC(C(=O)Nc3nc4ccc(Cl)cc4s3)CC2)c(C)c1. The monoisotopic (exact) mass is 463 g/mol. The van der Waals surface area contributed by atoms with E-state index in [0.29, 0.717) is 41.0 Å². The molecule has 1 N–H and O–H groups in total. The average molecular weight is 464 g/mol. The van der Waals surface area contributed by atoms with Gasteiger partial charge >= 0.3 is 0 Å². The van der Waals surface area contributed by atoms with Gasteiger partial charge in [0.25, 0.3) is 0 Å². The molecule has 1 amide bonds. The summed E-state index contributed by atoms with van der Waals surface area (Å²) in [7, 11) is -3.56. The molecule has 0 atom stereocenters. The van der Waals surface area contributed by atoms with E-state index in [2.05, 4.69) is 10.3 Å². The third kappa shape index (κ3) is 4.23. The Hall–Kier alpha value is -2.00. The summed E-state index contributed by atoms with van der Waals surface area (Å²) < 4.78 is 28.4. The van der Waals surface area contributed by atoms with Crippen LogP contribution in [0.1, 0.15) is 24.0 Å². The van der Waals surface area contributed by atoms with Gasteiger partial charge in [-0.05, 0) is 56.5 Å². The Morgan fingerprint density at radius 1 is 1.17 bits per heavy atom. The summed E-state index contributed by atoms with van der Waals surface area (Å²) >= 11 is 7.38. The van der Waals surface area contributed by atoms with E-state index in [0.717, 1.165) is 21.3 Å². The number of thiazole rings is 1. The molecule has 1 aliphatic rings. The summed E-state index contributed by atoms with van der Waals surface area (Å²) in [6, 6.07) is 10.8. The van der Waals surface area contributed by atoms with Gasteiger partial charge in [-0.2, -0.15) is 4.31 Å². The molecule has 0 saturated carbocycles. The quantitative estimate of drug-likeness (QED) is 0.612. The van der Waals surface area contributed by atoms with Crippen molar-refractivity contribution in [3.05, 3.63) is 52.5 Å². The van der Waals surface area contributed by atoms with Crippen molar-refractivity contribution in [1.82, 2.24) is 9.29 Å². The van der Waals surface area contributed by atoms with Gasteiger partial charge in [-0.3, -0.25) is 4.79 Å². The van der Waals surface area contributed by atoms with Crippen LogP contribution in [0.15, 0.2) is 41.3 Å². The lowest BCUT2D eigenvalue weighted by Crippen LogP contribution is -2.41.